The molecule has 3 aromatic heterocycles. The van der Waals surface area contributed by atoms with Gasteiger partial charge in [0.1, 0.15) is 85.7 Å². The zero-order valence-corrected chi connectivity index (χ0v) is 53.3. The number of rotatable bonds is 16. The number of benzene rings is 6. The minimum Gasteiger partial charge on any atom is -0.457 e. The van der Waals surface area contributed by atoms with Crippen LogP contribution in [0.25, 0.3) is 33.8 Å². The Bertz CT molecular complexity index is 4520. The van der Waals surface area contributed by atoms with Crippen LogP contribution in [0.15, 0.2) is 164 Å². The number of anilines is 3. The lowest BCUT2D eigenvalue weighted by molar-refractivity contribution is -0.125. The van der Waals surface area contributed by atoms with Gasteiger partial charge in [0.25, 0.3) is 35.4 Å². The molecule has 1 saturated carbocycles. The average Bonchev–Trinajstić information content (AvgIpc) is 1.65. The Labute approximate surface area is 559 Å². The molecule has 0 spiro atoms. The molecule has 3 fully saturated rings. The van der Waals surface area contributed by atoms with Crippen LogP contribution in [0.4, 0.5) is 17.5 Å². The molecule has 492 valence electrons. The van der Waals surface area contributed by atoms with Crippen LogP contribution in [0.1, 0.15) is 102 Å². The van der Waals surface area contributed by atoms with Crippen LogP contribution in [-0.4, -0.2) is 107 Å². The monoisotopic (exact) mass is 1300 g/mol. The number of para-hydroxylation sites is 3. The predicted octanol–water partition coefficient (Wildman–Crippen LogP) is 8.90. The molecule has 12 rings (SSSR count). The highest BCUT2D eigenvalue weighted by molar-refractivity contribution is 6.05. The van der Waals surface area contributed by atoms with Crippen LogP contribution >= 0.6 is 0 Å². The number of nitrogen functional groups attached to an aromatic ring is 3. The zero-order chi connectivity index (χ0) is 68.7. The van der Waals surface area contributed by atoms with Crippen LogP contribution in [0.3, 0.4) is 0 Å². The molecule has 9 aromatic rings. The highest BCUT2D eigenvalue weighted by atomic mass is 16.5. The Kier molecular flexibility index (Phi) is 21.3. The number of ether oxygens (including phenoxy) is 3. The minimum absolute atomic E-state index is 0.0120. The fourth-order valence-electron chi connectivity index (χ4n) is 11.8. The Morgan fingerprint density at radius 3 is 1.07 bits per heavy atom. The Hall–Kier alpha value is -12.8. The van der Waals surface area contributed by atoms with E-state index >= 15 is 0 Å². The third kappa shape index (κ3) is 16.0. The van der Waals surface area contributed by atoms with Gasteiger partial charge in [-0.05, 0) is 179 Å². The first-order chi connectivity index (χ1) is 46.9. The van der Waals surface area contributed by atoms with E-state index in [4.69, 9.17) is 60.1 Å². The fraction of sp³-hybridized carbons (Fsp3) is 0.219. The quantitative estimate of drug-likeness (QED) is 0.0444. The Morgan fingerprint density at radius 1 is 0.433 bits per heavy atom. The van der Waals surface area contributed by atoms with E-state index < -0.39 is 17.7 Å². The molecule has 24 nitrogen and oxygen atoms in total. The summed E-state index contributed by atoms with van der Waals surface area (Å²) in [7, 11) is 0. The fourth-order valence-corrected chi connectivity index (χ4v) is 11.8. The number of terminal acetylenes is 1. The van der Waals surface area contributed by atoms with E-state index in [0.29, 0.717) is 90.2 Å². The normalized spacial score (nSPS) is 16.0. The van der Waals surface area contributed by atoms with E-state index in [-0.39, 0.29) is 76.0 Å². The summed E-state index contributed by atoms with van der Waals surface area (Å²) >= 11 is 0. The number of hydrogen-bond acceptors (Lipinski definition) is 15. The van der Waals surface area contributed by atoms with Crippen molar-refractivity contribution in [1.82, 2.24) is 44.5 Å². The summed E-state index contributed by atoms with van der Waals surface area (Å²) in [5.74, 6) is 14.3. The van der Waals surface area contributed by atoms with Crippen LogP contribution in [0.2, 0.25) is 0 Å². The number of primary amides is 3. The predicted molar refractivity (Wildman–Crippen MR) is 367 cm³/mol. The van der Waals surface area contributed by atoms with Crippen LogP contribution in [0.5, 0.6) is 34.5 Å². The van der Waals surface area contributed by atoms with Crippen molar-refractivity contribution in [3.05, 3.63) is 180 Å². The summed E-state index contributed by atoms with van der Waals surface area (Å²) in [6.45, 7) is 5.09. The molecule has 0 radical (unpaired) electrons. The molecule has 13 N–H and O–H groups in total. The van der Waals surface area contributed by atoms with E-state index in [1.165, 1.54) is 0 Å². The van der Waals surface area contributed by atoms with Crippen molar-refractivity contribution in [2.24, 2.45) is 17.2 Å². The average molecular weight is 1300 g/mol. The first-order valence-electron chi connectivity index (χ1n) is 31.1. The van der Waals surface area contributed by atoms with Crippen molar-refractivity contribution in [2.45, 2.75) is 76.5 Å². The number of amides is 6. The van der Waals surface area contributed by atoms with Gasteiger partial charge >= 0.3 is 0 Å². The van der Waals surface area contributed by atoms with Gasteiger partial charge in [-0.15, -0.1) is 6.42 Å². The Balaban J connectivity index is 0.000000158. The summed E-state index contributed by atoms with van der Waals surface area (Å²) < 4.78 is 22.3. The van der Waals surface area contributed by atoms with Gasteiger partial charge in [0, 0.05) is 48.9 Å². The molecule has 5 heterocycles. The zero-order valence-electron chi connectivity index (χ0n) is 53.3. The van der Waals surface area contributed by atoms with Crippen molar-refractivity contribution in [3.63, 3.8) is 0 Å². The van der Waals surface area contributed by atoms with Gasteiger partial charge in [0.05, 0.1) is 18.1 Å². The standard InChI is InChI=1S/C26H27N5O3.C24H23N5O3.C23H21N5O3/c1-2-6-22(32)29-18-11-13-19(14-12-18)31-25(27)23(26(28)33)24(30-31)17-9-15-21(16-10-17)34-20-7-4-3-5-8-20;1-2-6-20(30)28-14-13-17(15-28)29-23(25)21(24(26)31)22(27-29)16-9-11-19(12-10-16)32-18-7-4-3-5-8-18;1-2-19(29)27-13-12-16(14-27)28-22(24)20(23(25)30)21(26-28)15-8-10-18(11-9-15)31-17-6-4-3-5-7-17/h3-5,7-10,15-16,18-19H,11-14,27H2,1H3,(H2,28,33)(H,29,32);3-5,7-12,17H,13-15,25H2,1H3,(H2,26,31);1,3-11,16H,12-14,24H2,(H2,25,30)/t;17-;16-/m.11/s1. The smallest absolute Gasteiger partial charge is 0.298 e. The summed E-state index contributed by atoms with van der Waals surface area (Å²) in [6.07, 6.45) is 9.56. The maximum atomic E-state index is 12.3. The number of likely N-dealkylation sites (tertiary alicyclic amines) is 2. The van der Waals surface area contributed by atoms with Crippen molar-refractivity contribution in [1.29, 1.82) is 0 Å². The van der Waals surface area contributed by atoms with E-state index in [1.807, 2.05) is 115 Å². The molecule has 6 aromatic carbocycles. The highest BCUT2D eigenvalue weighted by Crippen LogP contribution is 2.38. The van der Waals surface area contributed by atoms with Gasteiger partial charge in [-0.1, -0.05) is 66.4 Å². The molecule has 2 atom stereocenters. The lowest BCUT2D eigenvalue weighted by Gasteiger charge is -2.29. The largest absolute Gasteiger partial charge is 0.457 e. The van der Waals surface area contributed by atoms with Crippen molar-refractivity contribution in [3.8, 4) is 104 Å². The first-order valence-corrected chi connectivity index (χ1v) is 31.1. The summed E-state index contributed by atoms with van der Waals surface area (Å²) in [5.41, 5.74) is 39.6. The lowest BCUT2D eigenvalue weighted by Crippen LogP contribution is -2.37. The van der Waals surface area contributed by atoms with Crippen LogP contribution < -0.4 is 53.9 Å². The molecule has 97 heavy (non-hydrogen) atoms. The van der Waals surface area contributed by atoms with Crippen molar-refractivity contribution < 1.29 is 43.0 Å². The van der Waals surface area contributed by atoms with Crippen molar-refractivity contribution in [2.75, 3.05) is 43.4 Å². The third-order valence-electron chi connectivity index (χ3n) is 16.5. The maximum Gasteiger partial charge on any atom is 0.298 e. The molecule has 2 aliphatic heterocycles. The van der Waals surface area contributed by atoms with Gasteiger partial charge in [-0.3, -0.25) is 28.8 Å². The van der Waals surface area contributed by atoms with Crippen LogP contribution in [0, 0.1) is 36.0 Å². The number of aromatic nitrogens is 6. The number of carbonyl (C=O) groups excluding carboxylic acids is 6. The van der Waals surface area contributed by atoms with Gasteiger partial charge in [-0.2, -0.15) is 15.3 Å². The lowest BCUT2D eigenvalue weighted by atomic mass is 9.91. The molecule has 2 saturated heterocycles. The number of nitrogens with one attached hydrogen (secondary N) is 1. The molecule has 3 aliphatic rings. The second-order valence-corrected chi connectivity index (χ2v) is 22.8. The molecular formula is C73H71N15O9. The summed E-state index contributed by atoms with van der Waals surface area (Å²) in [6, 6.07) is 49.7. The number of carbonyl (C=O) groups is 6. The van der Waals surface area contributed by atoms with Gasteiger partial charge in [0.2, 0.25) is 0 Å². The molecule has 6 amide bonds. The molecular weight excluding hydrogens is 1230 g/mol. The van der Waals surface area contributed by atoms with Gasteiger partial charge in [0.15, 0.2) is 0 Å². The number of nitrogens with two attached hydrogens (primary N) is 6. The number of hydrogen-bond donors (Lipinski definition) is 7. The second kappa shape index (κ2) is 30.8. The minimum atomic E-state index is -0.669. The second-order valence-electron chi connectivity index (χ2n) is 22.8. The third-order valence-corrected chi connectivity index (χ3v) is 16.5. The van der Waals surface area contributed by atoms with Crippen molar-refractivity contribution >= 4 is 52.9 Å². The van der Waals surface area contributed by atoms with E-state index in [1.54, 1.807) is 86.2 Å². The molecule has 0 unspecified atom stereocenters. The van der Waals surface area contributed by atoms with Crippen LogP contribution in [-0.2, 0) is 14.4 Å². The summed E-state index contributed by atoms with van der Waals surface area (Å²) in [4.78, 5) is 75.4. The molecule has 1 aliphatic carbocycles. The van der Waals surface area contributed by atoms with E-state index in [0.717, 1.165) is 42.7 Å². The topological polar surface area (TPSA) is 358 Å². The summed E-state index contributed by atoms with van der Waals surface area (Å²) in [5, 5.41) is 16.8. The van der Waals surface area contributed by atoms with Gasteiger partial charge in [-0.25, -0.2) is 14.0 Å². The molecule has 24 heteroatoms. The molecule has 0 bridgehead atoms. The SMILES string of the molecule is C#CC(=O)N1CC[C@@H](n2nc(-c3ccc(Oc4ccccc4)cc3)c(C(N)=O)c2N)C1.CC#CC(=O)N1CC[C@@H](n2nc(-c3ccc(Oc4ccccc4)cc3)c(C(N)=O)c2N)C1.CC#CC(=O)NC1CCC(n2nc(-c3ccc(Oc4ccccc4)cc3)c(C(N)=O)c2N)CC1. The van der Waals surface area contributed by atoms with Gasteiger partial charge < -0.3 is 63.7 Å². The van der Waals surface area contributed by atoms with E-state index in [2.05, 4.69) is 45.1 Å². The number of nitrogens with zero attached hydrogens (tertiary/aromatic N) is 8. The maximum absolute atomic E-state index is 12.3. The Morgan fingerprint density at radius 2 is 0.753 bits per heavy atom. The highest BCUT2D eigenvalue weighted by Gasteiger charge is 2.34. The first kappa shape index (κ1) is 67.1. The van der Waals surface area contributed by atoms with E-state index in [9.17, 15) is 28.8 Å².